The summed E-state index contributed by atoms with van der Waals surface area (Å²) in [5, 5.41) is 20.7. The second kappa shape index (κ2) is 6.76. The first-order valence-electron chi connectivity index (χ1n) is 10.2. The molecular weight excluding hydrogens is 405 g/mol. The Morgan fingerprint density at radius 2 is 1.66 bits per heavy atom. The number of allylic oxidation sites excluding steroid dienone is 1. The summed E-state index contributed by atoms with van der Waals surface area (Å²) in [4.78, 5) is 14.8. The second-order valence-corrected chi connectivity index (χ2v) is 10.1. The average molecular weight is 426 g/mol. The number of anilines is 1. The van der Waals surface area contributed by atoms with Crippen molar-refractivity contribution < 1.29 is 4.79 Å². The number of amides is 1. The number of rotatable bonds is 2. The van der Waals surface area contributed by atoms with Crippen molar-refractivity contribution in [2.24, 2.45) is 35.0 Å². The number of hydrogen-bond acceptors (Lipinski definition) is 3. The van der Waals surface area contributed by atoms with Gasteiger partial charge in [-0.2, -0.15) is 10.5 Å². The zero-order chi connectivity index (χ0) is 20.3. The number of nitriles is 2. The third kappa shape index (κ3) is 2.81. The van der Waals surface area contributed by atoms with Gasteiger partial charge in [0.2, 0.25) is 5.91 Å². The van der Waals surface area contributed by atoms with Gasteiger partial charge in [0.05, 0.1) is 23.4 Å². The van der Waals surface area contributed by atoms with Crippen LogP contribution >= 0.6 is 23.2 Å². The Morgan fingerprint density at radius 1 is 1.03 bits per heavy atom. The molecule has 148 valence electrons. The molecule has 6 rings (SSSR count). The molecule has 0 radical (unpaired) electrons. The molecule has 0 saturated heterocycles. The molecule has 0 aromatic heterocycles. The number of carbonyl (C=O) groups excluding carboxylic acids is 1. The first-order chi connectivity index (χ1) is 14.0. The molecule has 6 heteroatoms. The normalized spacial score (nSPS) is 38.1. The van der Waals surface area contributed by atoms with E-state index in [1.807, 2.05) is 0 Å². The molecule has 0 unspecified atom stereocenters. The van der Waals surface area contributed by atoms with E-state index in [1.165, 1.54) is 24.2 Å². The Hall–Kier alpha value is -2.01. The van der Waals surface area contributed by atoms with Crippen molar-refractivity contribution in [2.45, 2.75) is 38.5 Å². The minimum atomic E-state index is -0.901. The fraction of sp³-hybridized carbons (Fsp3) is 0.522. The lowest BCUT2D eigenvalue weighted by atomic mass is 9.44. The van der Waals surface area contributed by atoms with Crippen molar-refractivity contribution in [3.05, 3.63) is 40.0 Å². The Kier molecular flexibility index (Phi) is 4.43. The second-order valence-electron chi connectivity index (χ2n) is 9.33. The summed E-state index contributed by atoms with van der Waals surface area (Å²) >= 11 is 12.8. The van der Waals surface area contributed by atoms with Gasteiger partial charge in [0.1, 0.15) is 11.1 Å². The van der Waals surface area contributed by atoms with Crippen LogP contribution in [-0.2, 0) is 4.79 Å². The van der Waals surface area contributed by atoms with Crippen LogP contribution in [0.1, 0.15) is 38.5 Å². The summed E-state index contributed by atoms with van der Waals surface area (Å²) in [5.41, 5.74) is 0.723. The van der Waals surface area contributed by atoms with E-state index >= 15 is 0 Å². The Balaban J connectivity index is 1.64. The number of carbonyl (C=O) groups is 1. The number of benzene rings is 1. The topological polar surface area (TPSA) is 67.9 Å². The lowest BCUT2D eigenvalue weighted by Gasteiger charge is -2.60. The Morgan fingerprint density at radius 3 is 2.17 bits per heavy atom. The molecule has 1 amide bonds. The van der Waals surface area contributed by atoms with E-state index in [0.29, 0.717) is 34.0 Å². The van der Waals surface area contributed by atoms with Gasteiger partial charge in [0.25, 0.3) is 0 Å². The largest absolute Gasteiger partial charge is 0.273 e. The van der Waals surface area contributed by atoms with Crippen LogP contribution in [0.2, 0.25) is 5.02 Å². The van der Waals surface area contributed by atoms with E-state index in [0.717, 1.165) is 19.3 Å². The molecule has 1 heterocycles. The van der Waals surface area contributed by atoms with Gasteiger partial charge in [-0.1, -0.05) is 29.3 Å². The number of nitrogens with zero attached hydrogens (tertiary/aromatic N) is 3. The number of hydrogen-bond donors (Lipinski definition) is 0. The van der Waals surface area contributed by atoms with Crippen molar-refractivity contribution in [1.29, 1.82) is 10.5 Å². The molecule has 0 N–H and O–H groups in total. The minimum absolute atomic E-state index is 0.131. The van der Waals surface area contributed by atoms with Crippen LogP contribution in [0.15, 0.2) is 35.0 Å². The van der Waals surface area contributed by atoms with Gasteiger partial charge >= 0.3 is 0 Å². The van der Waals surface area contributed by atoms with Crippen molar-refractivity contribution >= 4 is 34.8 Å². The SMILES string of the molecule is N#CC1=C(Cl)N(c2cccc(Cl)c2)C(=O)[C@H](C#N)[C@H]1C12CC3CC(CC(C3)C1)C2. The number of halogens is 2. The van der Waals surface area contributed by atoms with Crippen LogP contribution in [0.4, 0.5) is 5.69 Å². The summed E-state index contributed by atoms with van der Waals surface area (Å²) in [6, 6.07) is 11.4. The van der Waals surface area contributed by atoms with Crippen molar-refractivity contribution in [2.75, 3.05) is 4.90 Å². The van der Waals surface area contributed by atoms with Gasteiger partial charge in [0, 0.05) is 10.9 Å². The molecule has 1 aromatic rings. The molecule has 4 bridgehead atoms. The van der Waals surface area contributed by atoms with Crippen LogP contribution in [0.3, 0.4) is 0 Å². The first-order valence-corrected chi connectivity index (χ1v) is 11.0. The quantitative estimate of drug-likeness (QED) is 0.576. The summed E-state index contributed by atoms with van der Waals surface area (Å²) in [6.45, 7) is 0. The molecule has 0 spiro atoms. The van der Waals surface area contributed by atoms with Crippen LogP contribution in [-0.4, -0.2) is 5.91 Å². The molecule has 4 nitrogen and oxygen atoms in total. The lowest BCUT2D eigenvalue weighted by Crippen LogP contribution is -2.55. The van der Waals surface area contributed by atoms with Crippen LogP contribution < -0.4 is 4.90 Å². The van der Waals surface area contributed by atoms with E-state index in [9.17, 15) is 15.3 Å². The fourth-order valence-corrected chi connectivity index (χ4v) is 7.64. The van der Waals surface area contributed by atoms with Crippen molar-refractivity contribution in [3.8, 4) is 12.1 Å². The zero-order valence-electron chi connectivity index (χ0n) is 15.9. The van der Waals surface area contributed by atoms with E-state index in [-0.39, 0.29) is 16.5 Å². The third-order valence-electron chi connectivity index (χ3n) is 7.62. The highest BCUT2D eigenvalue weighted by Gasteiger charge is 2.60. The molecule has 2 atom stereocenters. The van der Waals surface area contributed by atoms with E-state index in [1.54, 1.807) is 24.3 Å². The molecular formula is C23H21Cl2N3O. The third-order valence-corrected chi connectivity index (χ3v) is 8.23. The van der Waals surface area contributed by atoms with E-state index in [4.69, 9.17) is 23.2 Å². The Labute approximate surface area is 180 Å². The average Bonchev–Trinajstić information content (AvgIpc) is 2.67. The summed E-state index contributed by atoms with van der Waals surface area (Å²) in [7, 11) is 0. The maximum Gasteiger partial charge on any atom is 0.250 e. The molecule has 4 aliphatic carbocycles. The minimum Gasteiger partial charge on any atom is -0.273 e. The molecule has 4 fully saturated rings. The summed E-state index contributed by atoms with van der Waals surface area (Å²) < 4.78 is 0. The highest BCUT2D eigenvalue weighted by atomic mass is 35.5. The summed E-state index contributed by atoms with van der Waals surface area (Å²) in [5.74, 6) is 0.296. The lowest BCUT2D eigenvalue weighted by molar-refractivity contribution is -0.129. The highest BCUT2D eigenvalue weighted by Crippen LogP contribution is 2.65. The van der Waals surface area contributed by atoms with E-state index < -0.39 is 11.8 Å². The standard InChI is InChI=1S/C23H21Cl2N3O/c24-16-2-1-3-17(7-16)28-21(25)18(11-26)20(19(12-27)22(28)29)23-8-13-4-14(9-23)6-15(5-13)10-23/h1-3,7,13-15,19-20H,4-6,8-10H2/t13?,14?,15?,19-,20+,23?/m1/s1. The van der Waals surface area contributed by atoms with Crippen LogP contribution in [0.25, 0.3) is 0 Å². The maximum atomic E-state index is 13.5. The van der Waals surface area contributed by atoms with Gasteiger partial charge in [-0.3, -0.25) is 9.69 Å². The Bertz CT molecular complexity index is 967. The van der Waals surface area contributed by atoms with Crippen LogP contribution in [0, 0.1) is 57.7 Å². The first kappa shape index (κ1) is 19.0. The van der Waals surface area contributed by atoms with Crippen molar-refractivity contribution in [3.63, 3.8) is 0 Å². The molecule has 5 aliphatic rings. The van der Waals surface area contributed by atoms with Gasteiger partial charge < -0.3 is 0 Å². The maximum absolute atomic E-state index is 13.5. The van der Waals surface area contributed by atoms with E-state index in [2.05, 4.69) is 12.1 Å². The molecule has 29 heavy (non-hydrogen) atoms. The van der Waals surface area contributed by atoms with Gasteiger partial charge in [-0.05, 0) is 79.9 Å². The van der Waals surface area contributed by atoms with Crippen LogP contribution in [0.5, 0.6) is 0 Å². The smallest absolute Gasteiger partial charge is 0.250 e. The van der Waals surface area contributed by atoms with Gasteiger partial charge in [-0.25, -0.2) is 0 Å². The molecule has 1 aromatic carbocycles. The molecule has 1 aliphatic heterocycles. The van der Waals surface area contributed by atoms with Gasteiger partial charge in [0.15, 0.2) is 0 Å². The molecule has 4 saturated carbocycles. The van der Waals surface area contributed by atoms with Crippen molar-refractivity contribution in [1.82, 2.24) is 0 Å². The zero-order valence-corrected chi connectivity index (χ0v) is 17.5. The fourth-order valence-electron chi connectivity index (χ4n) is 7.11. The predicted molar refractivity (Wildman–Crippen MR) is 111 cm³/mol. The predicted octanol–water partition coefficient (Wildman–Crippen LogP) is 5.63. The monoisotopic (exact) mass is 425 g/mol. The summed E-state index contributed by atoms with van der Waals surface area (Å²) in [6.07, 6.45) is 6.77. The van der Waals surface area contributed by atoms with Gasteiger partial charge in [-0.15, -0.1) is 0 Å². The highest BCUT2D eigenvalue weighted by molar-refractivity contribution is 6.35.